The molecule has 5 nitrogen and oxygen atoms in total. The van der Waals surface area contributed by atoms with Gasteiger partial charge in [-0.1, -0.05) is 6.07 Å². The zero-order valence-corrected chi connectivity index (χ0v) is 13.5. The van der Waals surface area contributed by atoms with Gasteiger partial charge in [-0.25, -0.2) is 15.0 Å². The molecule has 0 saturated heterocycles. The van der Waals surface area contributed by atoms with E-state index in [9.17, 15) is 0 Å². The lowest BCUT2D eigenvalue weighted by molar-refractivity contribution is 0.398. The van der Waals surface area contributed by atoms with E-state index in [2.05, 4.69) is 37.9 Å². The monoisotopic (exact) mass is 382 g/mol. The van der Waals surface area contributed by atoms with Crippen LogP contribution in [-0.4, -0.2) is 29.1 Å². The van der Waals surface area contributed by atoms with Crippen molar-refractivity contribution in [1.82, 2.24) is 15.0 Å². The summed E-state index contributed by atoms with van der Waals surface area (Å²) in [6, 6.07) is 5.62. The number of methoxy groups -OCH3 is 1. The number of rotatable bonds is 4. The number of halogens is 1. The van der Waals surface area contributed by atoms with Gasteiger partial charge in [-0.2, -0.15) is 0 Å². The molecule has 1 saturated carbocycles. The Morgan fingerprint density at radius 3 is 2.70 bits per heavy atom. The largest absolute Gasteiger partial charge is 0.481 e. The molecule has 2 heterocycles. The van der Waals surface area contributed by atoms with Crippen molar-refractivity contribution >= 4 is 28.4 Å². The zero-order valence-electron chi connectivity index (χ0n) is 11.4. The minimum Gasteiger partial charge on any atom is -0.481 e. The van der Waals surface area contributed by atoms with Crippen LogP contribution < -0.4 is 10.1 Å². The van der Waals surface area contributed by atoms with Crippen LogP contribution in [0.15, 0.2) is 18.2 Å². The van der Waals surface area contributed by atoms with Gasteiger partial charge in [0.05, 0.1) is 16.4 Å². The molecule has 3 rings (SSSR count). The average molecular weight is 382 g/mol. The van der Waals surface area contributed by atoms with Gasteiger partial charge in [-0.15, -0.1) is 0 Å². The lowest BCUT2D eigenvalue weighted by Crippen LogP contribution is -2.05. The van der Waals surface area contributed by atoms with Crippen molar-refractivity contribution in [3.05, 3.63) is 27.5 Å². The number of ether oxygens (including phenoxy) is 1. The Kier molecular flexibility index (Phi) is 3.73. The van der Waals surface area contributed by atoms with E-state index in [0.29, 0.717) is 17.6 Å². The number of hydrogen-bond acceptors (Lipinski definition) is 5. The highest BCUT2D eigenvalue weighted by atomic mass is 127. The first-order valence-electron chi connectivity index (χ1n) is 6.49. The first kappa shape index (κ1) is 13.5. The number of hydrogen-bond donors (Lipinski definition) is 1. The SMILES string of the molecule is CNc1nc(-c2cccc(OC)n2)nc(C2CC2)c1I. The highest BCUT2D eigenvalue weighted by Gasteiger charge is 2.29. The molecule has 1 fully saturated rings. The van der Waals surface area contributed by atoms with Crippen molar-refractivity contribution in [2.24, 2.45) is 0 Å². The second kappa shape index (κ2) is 5.51. The van der Waals surface area contributed by atoms with Gasteiger partial charge in [-0.05, 0) is 41.5 Å². The Labute approximate surface area is 131 Å². The predicted octanol–water partition coefficient (Wildman–Crippen LogP) is 3.07. The van der Waals surface area contributed by atoms with Crippen LogP contribution >= 0.6 is 22.6 Å². The van der Waals surface area contributed by atoms with Gasteiger partial charge in [0.15, 0.2) is 5.82 Å². The number of aromatic nitrogens is 3. The van der Waals surface area contributed by atoms with Crippen molar-refractivity contribution < 1.29 is 4.74 Å². The molecule has 2 aromatic heterocycles. The summed E-state index contributed by atoms with van der Waals surface area (Å²) in [6.07, 6.45) is 2.42. The van der Waals surface area contributed by atoms with Crippen molar-refractivity contribution in [2.75, 3.05) is 19.5 Å². The maximum atomic E-state index is 5.16. The van der Waals surface area contributed by atoms with E-state index in [-0.39, 0.29) is 0 Å². The van der Waals surface area contributed by atoms with E-state index in [1.54, 1.807) is 7.11 Å². The van der Waals surface area contributed by atoms with E-state index in [1.165, 1.54) is 12.8 Å². The summed E-state index contributed by atoms with van der Waals surface area (Å²) < 4.78 is 6.27. The predicted molar refractivity (Wildman–Crippen MR) is 86.1 cm³/mol. The fourth-order valence-corrected chi connectivity index (χ4v) is 2.98. The van der Waals surface area contributed by atoms with Crippen LogP contribution in [0, 0.1) is 3.57 Å². The van der Waals surface area contributed by atoms with Gasteiger partial charge < -0.3 is 10.1 Å². The van der Waals surface area contributed by atoms with Crippen LogP contribution in [0.5, 0.6) is 5.88 Å². The molecule has 0 spiro atoms. The standard InChI is InChI=1S/C14H15IN4O/c1-16-14-11(15)12(8-6-7-8)18-13(19-14)9-4-3-5-10(17-9)20-2/h3-5,8H,6-7H2,1-2H3,(H,16,18,19). The molecule has 0 radical (unpaired) electrons. The molecule has 0 unspecified atom stereocenters. The van der Waals surface area contributed by atoms with Crippen molar-refractivity contribution in [1.29, 1.82) is 0 Å². The Hall–Kier alpha value is -1.44. The molecule has 6 heteroatoms. The summed E-state index contributed by atoms with van der Waals surface area (Å²) in [5.41, 5.74) is 1.86. The van der Waals surface area contributed by atoms with E-state index >= 15 is 0 Å². The second-order valence-corrected chi connectivity index (χ2v) is 5.76. The molecule has 0 aliphatic heterocycles. The van der Waals surface area contributed by atoms with Gasteiger partial charge in [-0.3, -0.25) is 0 Å². The van der Waals surface area contributed by atoms with Gasteiger partial charge in [0, 0.05) is 19.0 Å². The lowest BCUT2D eigenvalue weighted by atomic mass is 10.2. The van der Waals surface area contributed by atoms with Gasteiger partial charge in [0.2, 0.25) is 5.88 Å². The van der Waals surface area contributed by atoms with E-state index in [4.69, 9.17) is 9.72 Å². The first-order valence-corrected chi connectivity index (χ1v) is 7.57. The summed E-state index contributed by atoms with van der Waals surface area (Å²) in [6.45, 7) is 0. The number of anilines is 1. The second-order valence-electron chi connectivity index (χ2n) is 4.68. The zero-order chi connectivity index (χ0) is 14.1. The Bertz CT molecular complexity index is 643. The van der Waals surface area contributed by atoms with Crippen LogP contribution in [-0.2, 0) is 0 Å². The van der Waals surface area contributed by atoms with Crippen LogP contribution in [0.4, 0.5) is 5.82 Å². The summed E-state index contributed by atoms with van der Waals surface area (Å²) in [4.78, 5) is 13.7. The van der Waals surface area contributed by atoms with Crippen molar-refractivity contribution in [3.8, 4) is 17.4 Å². The molecule has 0 amide bonds. The third kappa shape index (κ3) is 2.56. The molecule has 20 heavy (non-hydrogen) atoms. The molecule has 1 aliphatic carbocycles. The van der Waals surface area contributed by atoms with Crippen LogP contribution in [0.3, 0.4) is 0 Å². The summed E-state index contributed by atoms with van der Waals surface area (Å²) >= 11 is 2.31. The lowest BCUT2D eigenvalue weighted by Gasteiger charge is -2.10. The average Bonchev–Trinajstić information content (AvgIpc) is 3.32. The Morgan fingerprint density at radius 1 is 1.25 bits per heavy atom. The molecular formula is C14H15IN4O. The topological polar surface area (TPSA) is 59.9 Å². The maximum absolute atomic E-state index is 5.16. The quantitative estimate of drug-likeness (QED) is 0.824. The minimum absolute atomic E-state index is 0.571. The molecule has 104 valence electrons. The molecule has 2 aromatic rings. The van der Waals surface area contributed by atoms with Gasteiger partial charge in [0.1, 0.15) is 11.5 Å². The molecule has 0 aromatic carbocycles. The number of pyridine rings is 1. The maximum Gasteiger partial charge on any atom is 0.213 e. The fourth-order valence-electron chi connectivity index (χ4n) is 2.02. The number of nitrogens with one attached hydrogen (secondary N) is 1. The minimum atomic E-state index is 0.571. The van der Waals surface area contributed by atoms with Crippen LogP contribution in [0.2, 0.25) is 0 Å². The molecule has 1 aliphatic rings. The Balaban J connectivity index is 2.10. The van der Waals surface area contributed by atoms with E-state index < -0.39 is 0 Å². The molecule has 0 bridgehead atoms. The number of nitrogens with zero attached hydrogens (tertiary/aromatic N) is 3. The fraction of sp³-hybridized carbons (Fsp3) is 0.357. The third-order valence-corrected chi connectivity index (χ3v) is 4.30. The van der Waals surface area contributed by atoms with Crippen LogP contribution in [0.1, 0.15) is 24.5 Å². The van der Waals surface area contributed by atoms with Crippen molar-refractivity contribution in [3.63, 3.8) is 0 Å². The highest BCUT2D eigenvalue weighted by molar-refractivity contribution is 14.1. The first-order chi connectivity index (χ1) is 9.72. The summed E-state index contributed by atoms with van der Waals surface area (Å²) in [5.74, 6) is 2.66. The molecular weight excluding hydrogens is 367 g/mol. The highest BCUT2D eigenvalue weighted by Crippen LogP contribution is 2.42. The molecule has 0 atom stereocenters. The normalized spacial score (nSPS) is 14.2. The van der Waals surface area contributed by atoms with Crippen molar-refractivity contribution in [2.45, 2.75) is 18.8 Å². The molecule has 1 N–H and O–H groups in total. The summed E-state index contributed by atoms with van der Waals surface area (Å²) in [7, 11) is 3.49. The Morgan fingerprint density at radius 2 is 2.05 bits per heavy atom. The van der Waals surface area contributed by atoms with E-state index in [1.807, 2.05) is 25.2 Å². The van der Waals surface area contributed by atoms with Gasteiger partial charge >= 0.3 is 0 Å². The van der Waals surface area contributed by atoms with E-state index in [0.717, 1.165) is 20.8 Å². The van der Waals surface area contributed by atoms with Crippen LogP contribution in [0.25, 0.3) is 11.5 Å². The third-order valence-electron chi connectivity index (χ3n) is 3.24. The van der Waals surface area contributed by atoms with Gasteiger partial charge in [0.25, 0.3) is 0 Å². The smallest absolute Gasteiger partial charge is 0.213 e. The summed E-state index contributed by atoms with van der Waals surface area (Å²) in [5, 5.41) is 3.14.